The average Bonchev–Trinajstić information content (AvgIpc) is 2.87. The van der Waals surface area contributed by atoms with Crippen LogP contribution in [0.25, 0.3) is 0 Å². The van der Waals surface area contributed by atoms with Crippen molar-refractivity contribution < 1.29 is 14.7 Å². The Balaban J connectivity index is 2.14. The molecule has 0 unspecified atom stereocenters. The molecule has 0 aliphatic carbocycles. The number of amides is 1. The summed E-state index contributed by atoms with van der Waals surface area (Å²) in [6.07, 6.45) is 0.456. The van der Waals surface area contributed by atoms with E-state index in [1.54, 1.807) is 12.1 Å². The maximum atomic E-state index is 11.9. The molecular weight excluding hydrogens is 282 g/mol. The highest BCUT2D eigenvalue weighted by Crippen LogP contribution is 2.29. The number of carboxylic acids is 1. The van der Waals surface area contributed by atoms with E-state index in [9.17, 15) is 14.7 Å². The van der Waals surface area contributed by atoms with Crippen molar-refractivity contribution in [3.05, 3.63) is 21.3 Å². The van der Waals surface area contributed by atoms with E-state index in [0.29, 0.717) is 21.4 Å². The van der Waals surface area contributed by atoms with Crippen molar-refractivity contribution in [1.29, 1.82) is 0 Å². The molecule has 1 aromatic heterocycles. The van der Waals surface area contributed by atoms with Gasteiger partial charge in [0.15, 0.2) is 0 Å². The molecule has 1 aliphatic rings. The van der Waals surface area contributed by atoms with Crippen LogP contribution in [0.5, 0.6) is 0 Å². The molecule has 4 nitrogen and oxygen atoms in total. The Morgan fingerprint density at radius 2 is 2.24 bits per heavy atom. The van der Waals surface area contributed by atoms with E-state index in [2.05, 4.69) is 5.32 Å². The minimum atomic E-state index is -1.13. The van der Waals surface area contributed by atoms with Gasteiger partial charge in [0.2, 0.25) is 0 Å². The first-order valence-electron chi connectivity index (χ1n) is 4.92. The van der Waals surface area contributed by atoms with Crippen LogP contribution in [-0.2, 0) is 4.79 Å². The number of thioether (sulfide) groups is 1. The van der Waals surface area contributed by atoms with Crippen molar-refractivity contribution >= 4 is 46.6 Å². The van der Waals surface area contributed by atoms with E-state index in [1.807, 2.05) is 0 Å². The van der Waals surface area contributed by atoms with Crippen LogP contribution >= 0.6 is 34.7 Å². The largest absolute Gasteiger partial charge is 0.479 e. The van der Waals surface area contributed by atoms with Gasteiger partial charge < -0.3 is 10.4 Å². The molecule has 0 spiro atoms. The van der Waals surface area contributed by atoms with Gasteiger partial charge >= 0.3 is 5.97 Å². The van der Waals surface area contributed by atoms with Crippen molar-refractivity contribution in [3.8, 4) is 0 Å². The Morgan fingerprint density at radius 1 is 1.47 bits per heavy atom. The smallest absolute Gasteiger partial charge is 0.330 e. The highest BCUT2D eigenvalue weighted by molar-refractivity contribution is 7.99. The summed E-state index contributed by atoms with van der Waals surface area (Å²) in [6.45, 7) is 0. The monoisotopic (exact) mass is 291 g/mol. The fourth-order valence-corrected chi connectivity index (χ4v) is 3.86. The first kappa shape index (κ1) is 12.7. The number of carbonyl (C=O) groups excluding carboxylic acids is 1. The lowest BCUT2D eigenvalue weighted by Crippen LogP contribution is -2.54. The molecule has 0 bridgehead atoms. The standard InChI is InChI=1S/C10H10ClNO3S2/c11-7-2-1-6(17-7)8(13)12-10(9(14)15)3-4-16-5-10/h1-2H,3-5H2,(H,12,13)(H,14,15)/t10-/m1/s1. The molecule has 1 fully saturated rings. The Bertz CT molecular complexity index is 454. The van der Waals surface area contributed by atoms with Crippen LogP contribution in [-0.4, -0.2) is 34.0 Å². The van der Waals surface area contributed by atoms with Crippen LogP contribution < -0.4 is 5.32 Å². The van der Waals surface area contributed by atoms with Gasteiger partial charge in [0.25, 0.3) is 5.91 Å². The number of hydrogen-bond donors (Lipinski definition) is 2. The number of thiophene rings is 1. The average molecular weight is 292 g/mol. The van der Waals surface area contributed by atoms with Crippen molar-refractivity contribution in [1.82, 2.24) is 5.32 Å². The van der Waals surface area contributed by atoms with Gasteiger partial charge in [0.05, 0.1) is 9.21 Å². The van der Waals surface area contributed by atoms with Crippen LogP contribution in [0, 0.1) is 0 Å². The van der Waals surface area contributed by atoms with Crippen molar-refractivity contribution in [3.63, 3.8) is 0 Å². The van der Waals surface area contributed by atoms with Gasteiger partial charge in [-0.2, -0.15) is 11.8 Å². The third-order valence-corrected chi connectivity index (χ3v) is 5.00. The zero-order chi connectivity index (χ0) is 12.5. The van der Waals surface area contributed by atoms with Crippen LogP contribution in [0.4, 0.5) is 0 Å². The number of nitrogens with one attached hydrogen (secondary N) is 1. The fourth-order valence-electron chi connectivity index (χ4n) is 1.60. The van der Waals surface area contributed by atoms with E-state index in [1.165, 1.54) is 11.8 Å². The molecule has 0 radical (unpaired) electrons. The summed E-state index contributed by atoms with van der Waals surface area (Å²) in [5, 5.41) is 11.8. The maximum absolute atomic E-state index is 11.9. The molecule has 92 valence electrons. The molecule has 1 saturated heterocycles. The number of carboxylic acid groups (broad SMARTS) is 1. The van der Waals surface area contributed by atoms with Gasteiger partial charge in [0, 0.05) is 5.75 Å². The summed E-state index contributed by atoms with van der Waals surface area (Å²) in [5.41, 5.74) is -1.13. The second-order valence-electron chi connectivity index (χ2n) is 3.75. The van der Waals surface area contributed by atoms with E-state index in [-0.39, 0.29) is 5.91 Å². The SMILES string of the molecule is O=C(N[C@]1(C(=O)O)CCSC1)c1ccc(Cl)s1. The molecule has 7 heteroatoms. The zero-order valence-corrected chi connectivity index (χ0v) is 11.1. The predicted octanol–water partition coefficient (Wildman–Crippen LogP) is 2.09. The molecule has 2 N–H and O–H groups in total. The van der Waals surface area contributed by atoms with Crippen LogP contribution in [0.3, 0.4) is 0 Å². The van der Waals surface area contributed by atoms with Gasteiger partial charge in [-0.3, -0.25) is 4.79 Å². The summed E-state index contributed by atoms with van der Waals surface area (Å²) in [4.78, 5) is 23.6. The van der Waals surface area contributed by atoms with E-state index >= 15 is 0 Å². The second kappa shape index (κ2) is 4.88. The van der Waals surface area contributed by atoms with Crippen molar-refractivity contribution in [2.75, 3.05) is 11.5 Å². The second-order valence-corrected chi connectivity index (χ2v) is 6.57. The van der Waals surface area contributed by atoms with Crippen molar-refractivity contribution in [2.24, 2.45) is 0 Å². The molecule has 1 atom stereocenters. The van der Waals surface area contributed by atoms with E-state index < -0.39 is 11.5 Å². The molecule has 1 aromatic rings. The first-order valence-corrected chi connectivity index (χ1v) is 7.27. The lowest BCUT2D eigenvalue weighted by atomic mass is 9.99. The van der Waals surface area contributed by atoms with E-state index in [4.69, 9.17) is 11.6 Å². The summed E-state index contributed by atoms with van der Waals surface area (Å²) < 4.78 is 0.514. The lowest BCUT2D eigenvalue weighted by Gasteiger charge is -2.24. The van der Waals surface area contributed by atoms with Crippen LogP contribution in [0.2, 0.25) is 4.34 Å². The Kier molecular flexibility index (Phi) is 3.65. The van der Waals surface area contributed by atoms with Gasteiger partial charge in [-0.25, -0.2) is 4.79 Å². The predicted molar refractivity (Wildman–Crippen MR) is 69.1 cm³/mol. The summed E-state index contributed by atoms with van der Waals surface area (Å²) in [7, 11) is 0. The molecule has 2 rings (SSSR count). The molecule has 2 heterocycles. The summed E-state index contributed by atoms with van der Waals surface area (Å²) >= 11 is 8.41. The molecular formula is C10H10ClNO3S2. The number of carbonyl (C=O) groups is 2. The molecule has 17 heavy (non-hydrogen) atoms. The van der Waals surface area contributed by atoms with Crippen LogP contribution in [0.15, 0.2) is 12.1 Å². The summed E-state index contributed by atoms with van der Waals surface area (Å²) in [5.74, 6) is -0.185. The van der Waals surface area contributed by atoms with Gasteiger partial charge in [-0.05, 0) is 24.3 Å². The van der Waals surface area contributed by atoms with Crippen molar-refractivity contribution in [2.45, 2.75) is 12.0 Å². The van der Waals surface area contributed by atoms with Gasteiger partial charge in [-0.1, -0.05) is 11.6 Å². The molecule has 1 amide bonds. The summed E-state index contributed by atoms with van der Waals surface area (Å²) in [6, 6.07) is 3.22. The maximum Gasteiger partial charge on any atom is 0.330 e. The van der Waals surface area contributed by atoms with Gasteiger partial charge in [0.1, 0.15) is 5.54 Å². The number of halogens is 1. The number of hydrogen-bond acceptors (Lipinski definition) is 4. The third kappa shape index (κ3) is 2.59. The highest BCUT2D eigenvalue weighted by Gasteiger charge is 2.43. The minimum Gasteiger partial charge on any atom is -0.479 e. The Labute approximate surface area is 111 Å². The molecule has 1 aliphatic heterocycles. The van der Waals surface area contributed by atoms with Crippen LogP contribution in [0.1, 0.15) is 16.1 Å². The number of rotatable bonds is 3. The normalized spacial score (nSPS) is 23.6. The molecule has 0 saturated carbocycles. The zero-order valence-electron chi connectivity index (χ0n) is 8.73. The first-order chi connectivity index (χ1) is 8.03. The van der Waals surface area contributed by atoms with E-state index in [0.717, 1.165) is 17.1 Å². The molecule has 0 aromatic carbocycles. The third-order valence-electron chi connectivity index (χ3n) is 2.58. The number of aliphatic carboxylic acids is 1. The lowest BCUT2D eigenvalue weighted by molar-refractivity contribution is -0.143. The minimum absolute atomic E-state index is 0.369. The fraction of sp³-hybridized carbons (Fsp3) is 0.400. The quantitative estimate of drug-likeness (QED) is 0.895. The van der Waals surface area contributed by atoms with Gasteiger partial charge in [-0.15, -0.1) is 11.3 Å². The Hall–Kier alpha value is -0.720. The Morgan fingerprint density at radius 3 is 2.71 bits per heavy atom. The topological polar surface area (TPSA) is 66.4 Å². The highest BCUT2D eigenvalue weighted by atomic mass is 35.5.